The molecule has 1 saturated carbocycles. The molecule has 2 N–H and O–H groups in total. The lowest BCUT2D eigenvalue weighted by Crippen LogP contribution is -2.34. The number of rotatable bonds is 7. The molecule has 0 bridgehead atoms. The Labute approximate surface area is 130 Å². The highest BCUT2D eigenvalue weighted by Gasteiger charge is 2.20. The Morgan fingerprint density at radius 1 is 1.36 bits per heavy atom. The zero-order valence-electron chi connectivity index (χ0n) is 12.7. The van der Waals surface area contributed by atoms with E-state index in [-0.39, 0.29) is 5.91 Å². The van der Waals surface area contributed by atoms with Gasteiger partial charge in [-0.2, -0.15) is 0 Å². The molecule has 0 radical (unpaired) electrons. The van der Waals surface area contributed by atoms with Crippen LogP contribution < -0.4 is 10.6 Å². The van der Waals surface area contributed by atoms with E-state index in [0.717, 1.165) is 29.7 Å². The van der Waals surface area contributed by atoms with Crippen molar-refractivity contribution in [2.24, 2.45) is 5.92 Å². The van der Waals surface area contributed by atoms with Crippen LogP contribution in [0.3, 0.4) is 0 Å². The van der Waals surface area contributed by atoms with E-state index >= 15 is 0 Å². The minimum atomic E-state index is 0.0233. The van der Waals surface area contributed by atoms with Crippen LogP contribution in [0, 0.1) is 12.8 Å². The standard InChI is InChI=1S/C16H21N5O/c1-12-18-6-7-21(12)15-5-4-14(9-19-15)10-20-16(22)11-17-8-13-2-3-13/h4-7,9,13,17H,2-3,8,10-11H2,1H3,(H,20,22). The molecule has 2 aromatic heterocycles. The number of pyridine rings is 1. The van der Waals surface area contributed by atoms with Crippen LogP contribution in [0.4, 0.5) is 0 Å². The summed E-state index contributed by atoms with van der Waals surface area (Å²) in [5.41, 5.74) is 0.983. The normalized spacial score (nSPS) is 14.0. The second-order valence-electron chi connectivity index (χ2n) is 5.72. The maximum Gasteiger partial charge on any atom is 0.234 e. The average Bonchev–Trinajstić information content (AvgIpc) is 3.25. The smallest absolute Gasteiger partial charge is 0.234 e. The molecule has 1 fully saturated rings. The molecule has 1 aliphatic rings. The van der Waals surface area contributed by atoms with Gasteiger partial charge in [0.2, 0.25) is 5.91 Å². The average molecular weight is 299 g/mol. The molecule has 2 aromatic rings. The first-order chi connectivity index (χ1) is 10.7. The zero-order chi connectivity index (χ0) is 15.4. The third kappa shape index (κ3) is 3.92. The summed E-state index contributed by atoms with van der Waals surface area (Å²) in [4.78, 5) is 20.3. The molecule has 0 atom stereocenters. The van der Waals surface area contributed by atoms with Gasteiger partial charge in [-0.3, -0.25) is 9.36 Å². The fourth-order valence-electron chi connectivity index (χ4n) is 2.26. The summed E-state index contributed by atoms with van der Waals surface area (Å²) in [5.74, 6) is 2.54. The molecular weight excluding hydrogens is 278 g/mol. The Bertz CT molecular complexity index is 630. The molecule has 6 heteroatoms. The van der Waals surface area contributed by atoms with Crippen molar-refractivity contribution < 1.29 is 4.79 Å². The van der Waals surface area contributed by atoms with Gasteiger partial charge in [0.25, 0.3) is 0 Å². The fourth-order valence-corrected chi connectivity index (χ4v) is 2.26. The number of carbonyl (C=O) groups excluding carboxylic acids is 1. The van der Waals surface area contributed by atoms with Crippen molar-refractivity contribution in [3.8, 4) is 5.82 Å². The van der Waals surface area contributed by atoms with E-state index < -0.39 is 0 Å². The molecule has 6 nitrogen and oxygen atoms in total. The Balaban J connectivity index is 1.46. The molecule has 0 spiro atoms. The van der Waals surface area contributed by atoms with Gasteiger partial charge in [0.1, 0.15) is 11.6 Å². The second kappa shape index (κ2) is 6.70. The van der Waals surface area contributed by atoms with E-state index in [1.54, 1.807) is 12.4 Å². The fraction of sp³-hybridized carbons (Fsp3) is 0.438. The number of carbonyl (C=O) groups is 1. The third-order valence-corrected chi connectivity index (χ3v) is 3.79. The van der Waals surface area contributed by atoms with Crippen LogP contribution in [-0.4, -0.2) is 33.5 Å². The van der Waals surface area contributed by atoms with E-state index in [1.807, 2.05) is 29.8 Å². The van der Waals surface area contributed by atoms with Crippen LogP contribution in [0.15, 0.2) is 30.7 Å². The van der Waals surface area contributed by atoms with Crippen molar-refractivity contribution in [3.05, 3.63) is 42.1 Å². The first-order valence-electron chi connectivity index (χ1n) is 7.65. The quantitative estimate of drug-likeness (QED) is 0.805. The Kier molecular flexibility index (Phi) is 4.48. The molecule has 0 aromatic carbocycles. The van der Waals surface area contributed by atoms with E-state index in [0.29, 0.717) is 13.1 Å². The van der Waals surface area contributed by atoms with Gasteiger partial charge in [-0.25, -0.2) is 9.97 Å². The number of nitrogens with one attached hydrogen (secondary N) is 2. The first kappa shape index (κ1) is 14.7. The highest BCUT2D eigenvalue weighted by Crippen LogP contribution is 2.27. The van der Waals surface area contributed by atoms with Gasteiger partial charge in [-0.1, -0.05) is 6.07 Å². The Morgan fingerprint density at radius 2 is 2.23 bits per heavy atom. The molecule has 1 amide bonds. The molecule has 2 heterocycles. The van der Waals surface area contributed by atoms with Gasteiger partial charge < -0.3 is 10.6 Å². The van der Waals surface area contributed by atoms with Crippen molar-refractivity contribution in [2.75, 3.05) is 13.1 Å². The zero-order valence-corrected chi connectivity index (χ0v) is 12.7. The van der Waals surface area contributed by atoms with E-state index in [9.17, 15) is 4.79 Å². The first-order valence-corrected chi connectivity index (χ1v) is 7.65. The highest BCUT2D eigenvalue weighted by atomic mass is 16.1. The predicted molar refractivity (Wildman–Crippen MR) is 83.5 cm³/mol. The van der Waals surface area contributed by atoms with Crippen molar-refractivity contribution in [1.82, 2.24) is 25.2 Å². The van der Waals surface area contributed by atoms with Crippen molar-refractivity contribution in [3.63, 3.8) is 0 Å². The summed E-state index contributed by atoms with van der Waals surface area (Å²) in [6.45, 7) is 3.77. The Morgan fingerprint density at radius 3 is 2.86 bits per heavy atom. The van der Waals surface area contributed by atoms with Gasteiger partial charge in [0, 0.05) is 25.1 Å². The van der Waals surface area contributed by atoms with E-state index in [4.69, 9.17) is 0 Å². The monoisotopic (exact) mass is 299 g/mol. The van der Waals surface area contributed by atoms with Crippen LogP contribution in [0.25, 0.3) is 5.82 Å². The Hall–Kier alpha value is -2.21. The second-order valence-corrected chi connectivity index (χ2v) is 5.72. The maximum atomic E-state index is 11.7. The minimum absolute atomic E-state index is 0.0233. The van der Waals surface area contributed by atoms with Crippen molar-refractivity contribution >= 4 is 5.91 Å². The highest BCUT2D eigenvalue weighted by molar-refractivity contribution is 5.77. The topological polar surface area (TPSA) is 71.8 Å². The summed E-state index contributed by atoms with van der Waals surface area (Å²) in [6, 6.07) is 3.90. The molecular formula is C16H21N5O. The molecule has 0 saturated heterocycles. The largest absolute Gasteiger partial charge is 0.351 e. The number of nitrogens with zero attached hydrogens (tertiary/aromatic N) is 3. The lowest BCUT2D eigenvalue weighted by Gasteiger charge is -2.08. The molecule has 0 unspecified atom stereocenters. The van der Waals surface area contributed by atoms with Crippen molar-refractivity contribution in [1.29, 1.82) is 0 Å². The SMILES string of the molecule is Cc1nccn1-c1ccc(CNC(=O)CNCC2CC2)cn1. The van der Waals surface area contributed by atoms with Crippen LogP contribution in [0.1, 0.15) is 24.2 Å². The van der Waals surface area contributed by atoms with Gasteiger partial charge >= 0.3 is 0 Å². The lowest BCUT2D eigenvalue weighted by atomic mass is 10.3. The number of hydrogen-bond acceptors (Lipinski definition) is 4. The van der Waals surface area contributed by atoms with Crippen LogP contribution in [0.5, 0.6) is 0 Å². The van der Waals surface area contributed by atoms with E-state index in [2.05, 4.69) is 20.6 Å². The van der Waals surface area contributed by atoms with Gasteiger partial charge in [0.05, 0.1) is 6.54 Å². The number of aryl methyl sites for hydroxylation is 1. The third-order valence-electron chi connectivity index (χ3n) is 3.79. The number of imidazole rings is 1. The summed E-state index contributed by atoms with van der Waals surface area (Å²) < 4.78 is 1.92. The predicted octanol–water partition coefficient (Wildman–Crippen LogP) is 1.19. The van der Waals surface area contributed by atoms with Crippen LogP contribution >= 0.6 is 0 Å². The molecule has 116 valence electrons. The van der Waals surface area contributed by atoms with Crippen molar-refractivity contribution in [2.45, 2.75) is 26.3 Å². The molecule has 0 aliphatic heterocycles. The number of aromatic nitrogens is 3. The number of amides is 1. The van der Waals surface area contributed by atoms with Gasteiger partial charge in [0.15, 0.2) is 0 Å². The summed E-state index contributed by atoms with van der Waals surface area (Å²) in [6.07, 6.45) is 8.00. The molecule has 1 aliphatic carbocycles. The van der Waals surface area contributed by atoms with Gasteiger partial charge in [-0.05, 0) is 43.9 Å². The summed E-state index contributed by atoms with van der Waals surface area (Å²) >= 11 is 0. The minimum Gasteiger partial charge on any atom is -0.351 e. The maximum absolute atomic E-state index is 11.7. The van der Waals surface area contributed by atoms with Crippen LogP contribution in [0.2, 0.25) is 0 Å². The number of hydrogen-bond donors (Lipinski definition) is 2. The molecule has 3 rings (SSSR count). The summed E-state index contributed by atoms with van der Waals surface area (Å²) in [5, 5.41) is 6.08. The van der Waals surface area contributed by atoms with Gasteiger partial charge in [-0.15, -0.1) is 0 Å². The lowest BCUT2D eigenvalue weighted by molar-refractivity contribution is -0.120. The van der Waals surface area contributed by atoms with Crippen LogP contribution in [-0.2, 0) is 11.3 Å². The van der Waals surface area contributed by atoms with E-state index in [1.165, 1.54) is 12.8 Å². The molecule has 22 heavy (non-hydrogen) atoms. The summed E-state index contributed by atoms with van der Waals surface area (Å²) in [7, 11) is 0.